The van der Waals surface area contributed by atoms with Gasteiger partial charge in [0.1, 0.15) is 4.88 Å². The van der Waals surface area contributed by atoms with Gasteiger partial charge in [0.15, 0.2) is 10.9 Å². The van der Waals surface area contributed by atoms with E-state index in [1.54, 1.807) is 12.3 Å². The number of carbonyl (C=O) groups excluding carboxylic acids is 1. The molecule has 2 aromatic heterocycles. The molecule has 1 aliphatic carbocycles. The summed E-state index contributed by atoms with van der Waals surface area (Å²) in [6.45, 7) is 2.87. The van der Waals surface area contributed by atoms with E-state index >= 15 is 0 Å². The van der Waals surface area contributed by atoms with Crippen molar-refractivity contribution < 1.29 is 4.79 Å². The van der Waals surface area contributed by atoms with Crippen molar-refractivity contribution in [3.63, 3.8) is 0 Å². The molecular formula is C20H22ClN5OS. The van der Waals surface area contributed by atoms with Gasteiger partial charge in [-0.05, 0) is 37.3 Å². The minimum atomic E-state index is -0.228. The molecule has 0 bridgehead atoms. The van der Waals surface area contributed by atoms with E-state index in [1.807, 2.05) is 36.0 Å². The van der Waals surface area contributed by atoms with Crippen LogP contribution in [-0.4, -0.2) is 20.7 Å². The molecule has 0 saturated heterocycles. The first-order valence-electron chi connectivity index (χ1n) is 9.41. The van der Waals surface area contributed by atoms with Gasteiger partial charge >= 0.3 is 0 Å². The molecule has 4 rings (SSSR count). The number of aromatic nitrogens is 3. The molecule has 0 aliphatic heterocycles. The second-order valence-electron chi connectivity index (χ2n) is 7.11. The summed E-state index contributed by atoms with van der Waals surface area (Å²) in [5.41, 5.74) is 1.54. The van der Waals surface area contributed by atoms with Crippen molar-refractivity contribution in [2.24, 2.45) is 5.92 Å². The molecule has 1 aromatic carbocycles. The number of nitrogens with zero attached hydrogens (tertiary/aromatic N) is 3. The predicted molar refractivity (Wildman–Crippen MR) is 114 cm³/mol. The Kier molecular flexibility index (Phi) is 5.64. The van der Waals surface area contributed by atoms with E-state index in [2.05, 4.69) is 20.7 Å². The third-order valence-corrected chi connectivity index (χ3v) is 6.21. The summed E-state index contributed by atoms with van der Waals surface area (Å²) in [5.74, 6) is 1.24. The summed E-state index contributed by atoms with van der Waals surface area (Å²) in [4.78, 5) is 17.3. The Balaban J connectivity index is 1.39. The second-order valence-corrected chi connectivity index (χ2v) is 8.55. The molecule has 6 nitrogen and oxygen atoms in total. The van der Waals surface area contributed by atoms with Crippen LogP contribution in [0.5, 0.6) is 0 Å². The first-order valence-corrected chi connectivity index (χ1v) is 10.6. The fraction of sp³-hybridized carbons (Fsp3) is 0.350. The smallest absolute Gasteiger partial charge is 0.267 e. The van der Waals surface area contributed by atoms with Gasteiger partial charge in [0.2, 0.25) is 0 Å². The Labute approximate surface area is 172 Å². The summed E-state index contributed by atoms with van der Waals surface area (Å²) in [6, 6.07) is 7.45. The Bertz CT molecular complexity index is 956. The lowest BCUT2D eigenvalue weighted by Crippen LogP contribution is -2.11. The van der Waals surface area contributed by atoms with Gasteiger partial charge in [0, 0.05) is 18.8 Å². The summed E-state index contributed by atoms with van der Waals surface area (Å²) >= 11 is 7.47. The number of nitrogens with one attached hydrogen (secondary N) is 2. The van der Waals surface area contributed by atoms with Gasteiger partial charge < -0.3 is 10.6 Å². The summed E-state index contributed by atoms with van der Waals surface area (Å²) < 4.78 is 1.99. The molecule has 0 atom stereocenters. The van der Waals surface area contributed by atoms with Crippen LogP contribution in [0.3, 0.4) is 0 Å². The molecule has 146 valence electrons. The van der Waals surface area contributed by atoms with Crippen molar-refractivity contribution in [2.45, 2.75) is 39.2 Å². The molecule has 1 aliphatic rings. The lowest BCUT2D eigenvalue weighted by molar-refractivity contribution is 0.103. The van der Waals surface area contributed by atoms with Crippen molar-refractivity contribution in [3.8, 4) is 0 Å². The lowest BCUT2D eigenvalue weighted by atomic mass is 10.1. The van der Waals surface area contributed by atoms with Crippen LogP contribution in [0, 0.1) is 12.8 Å². The van der Waals surface area contributed by atoms with Crippen LogP contribution in [0.15, 0.2) is 36.7 Å². The third kappa shape index (κ3) is 4.36. The molecule has 1 amide bonds. The molecule has 0 spiro atoms. The van der Waals surface area contributed by atoms with E-state index in [0.717, 1.165) is 23.8 Å². The Morgan fingerprint density at radius 2 is 2.14 bits per heavy atom. The van der Waals surface area contributed by atoms with E-state index in [-0.39, 0.29) is 5.91 Å². The van der Waals surface area contributed by atoms with Crippen LogP contribution >= 0.6 is 22.9 Å². The maximum absolute atomic E-state index is 12.5. The SMILES string of the molecule is Cc1cccc(Cl)c1NC(=O)c1cnc(Nc2ccn(CC3CCCC3)n2)s1. The number of aryl methyl sites for hydroxylation is 1. The Hall–Kier alpha value is -2.38. The topological polar surface area (TPSA) is 71.8 Å². The Morgan fingerprint density at radius 3 is 2.93 bits per heavy atom. The van der Waals surface area contributed by atoms with Crippen molar-refractivity contribution >= 4 is 45.5 Å². The molecule has 8 heteroatoms. The minimum Gasteiger partial charge on any atom is -0.320 e. The zero-order chi connectivity index (χ0) is 19.5. The minimum absolute atomic E-state index is 0.228. The molecule has 2 N–H and O–H groups in total. The fourth-order valence-electron chi connectivity index (χ4n) is 3.50. The fourth-order valence-corrected chi connectivity index (χ4v) is 4.49. The maximum atomic E-state index is 12.5. The van der Waals surface area contributed by atoms with Crippen LogP contribution in [0.1, 0.15) is 40.9 Å². The van der Waals surface area contributed by atoms with Gasteiger partial charge in [0.25, 0.3) is 5.91 Å². The van der Waals surface area contributed by atoms with Gasteiger partial charge in [-0.25, -0.2) is 4.98 Å². The largest absolute Gasteiger partial charge is 0.320 e. The van der Waals surface area contributed by atoms with E-state index in [4.69, 9.17) is 11.6 Å². The molecule has 1 saturated carbocycles. The van der Waals surface area contributed by atoms with Crippen LogP contribution in [-0.2, 0) is 6.54 Å². The lowest BCUT2D eigenvalue weighted by Gasteiger charge is -2.08. The molecule has 0 unspecified atom stereocenters. The van der Waals surface area contributed by atoms with E-state index in [1.165, 1.54) is 37.0 Å². The van der Waals surface area contributed by atoms with Gasteiger partial charge in [-0.1, -0.05) is 47.9 Å². The monoisotopic (exact) mass is 415 g/mol. The van der Waals surface area contributed by atoms with Gasteiger partial charge in [-0.3, -0.25) is 9.48 Å². The second kappa shape index (κ2) is 8.32. The number of amides is 1. The number of rotatable bonds is 6. The highest BCUT2D eigenvalue weighted by atomic mass is 35.5. The number of hydrogen-bond acceptors (Lipinski definition) is 5. The number of para-hydroxylation sites is 1. The molecule has 2 heterocycles. The molecular weight excluding hydrogens is 394 g/mol. The molecule has 3 aromatic rings. The first-order chi connectivity index (χ1) is 13.6. The third-order valence-electron chi connectivity index (χ3n) is 4.99. The van der Waals surface area contributed by atoms with Crippen molar-refractivity contribution in [1.29, 1.82) is 0 Å². The number of hydrogen-bond donors (Lipinski definition) is 2. The molecule has 0 radical (unpaired) electrons. The molecule has 28 heavy (non-hydrogen) atoms. The first kappa shape index (κ1) is 19.0. The highest BCUT2D eigenvalue weighted by Crippen LogP contribution is 2.28. The highest BCUT2D eigenvalue weighted by Gasteiger charge is 2.17. The van der Waals surface area contributed by atoms with E-state index in [0.29, 0.717) is 20.7 Å². The predicted octanol–water partition coefficient (Wildman–Crippen LogP) is 5.49. The van der Waals surface area contributed by atoms with Crippen LogP contribution in [0.2, 0.25) is 5.02 Å². The zero-order valence-electron chi connectivity index (χ0n) is 15.6. The number of thiazole rings is 1. The standard InChI is InChI=1S/C20H22ClN5OS/c1-13-5-4-8-15(21)18(13)24-19(27)16-11-22-20(28-16)23-17-9-10-26(25-17)12-14-6-2-3-7-14/h4-5,8-11,14H,2-3,6-7,12H2,1H3,(H,24,27)(H,22,23,25). The summed E-state index contributed by atoms with van der Waals surface area (Å²) in [6.07, 6.45) is 8.78. The Morgan fingerprint density at radius 1 is 1.32 bits per heavy atom. The van der Waals surface area contributed by atoms with Crippen molar-refractivity contribution in [2.75, 3.05) is 10.6 Å². The van der Waals surface area contributed by atoms with Crippen LogP contribution in [0.4, 0.5) is 16.6 Å². The van der Waals surface area contributed by atoms with Crippen molar-refractivity contribution in [3.05, 3.63) is 52.1 Å². The van der Waals surface area contributed by atoms with E-state index < -0.39 is 0 Å². The number of carbonyl (C=O) groups is 1. The average molecular weight is 416 g/mol. The quantitative estimate of drug-likeness (QED) is 0.558. The van der Waals surface area contributed by atoms with E-state index in [9.17, 15) is 4.79 Å². The molecule has 1 fully saturated rings. The summed E-state index contributed by atoms with van der Waals surface area (Å²) in [5, 5.41) is 11.8. The van der Waals surface area contributed by atoms with Crippen LogP contribution in [0.25, 0.3) is 0 Å². The van der Waals surface area contributed by atoms with Gasteiger partial charge in [0.05, 0.1) is 16.9 Å². The number of halogens is 1. The van der Waals surface area contributed by atoms with Crippen molar-refractivity contribution in [1.82, 2.24) is 14.8 Å². The van der Waals surface area contributed by atoms with Gasteiger partial charge in [-0.15, -0.1) is 0 Å². The van der Waals surface area contributed by atoms with Gasteiger partial charge in [-0.2, -0.15) is 5.10 Å². The highest BCUT2D eigenvalue weighted by molar-refractivity contribution is 7.17. The number of anilines is 3. The maximum Gasteiger partial charge on any atom is 0.267 e. The summed E-state index contributed by atoms with van der Waals surface area (Å²) in [7, 11) is 0. The zero-order valence-corrected chi connectivity index (χ0v) is 17.2. The normalized spacial score (nSPS) is 14.4. The van der Waals surface area contributed by atoms with Crippen LogP contribution < -0.4 is 10.6 Å². The average Bonchev–Trinajstić information content (AvgIpc) is 3.42. The number of benzene rings is 1.